The molecular weight excluding hydrogens is 316 g/mol. The molecule has 25 heavy (non-hydrogen) atoms. The lowest BCUT2D eigenvalue weighted by molar-refractivity contribution is -0.0731. The average molecular weight is 344 g/mol. The van der Waals surface area contributed by atoms with Crippen LogP contribution in [-0.4, -0.2) is 22.1 Å². The van der Waals surface area contributed by atoms with Crippen molar-refractivity contribution in [1.82, 2.24) is 0 Å². The van der Waals surface area contributed by atoms with Gasteiger partial charge in [-0.25, -0.2) is 0 Å². The minimum atomic E-state index is -0.355. The Morgan fingerprint density at radius 3 is 2.76 bits per heavy atom. The van der Waals surface area contributed by atoms with Gasteiger partial charge < -0.3 is 14.6 Å². The van der Waals surface area contributed by atoms with Gasteiger partial charge in [0.15, 0.2) is 5.78 Å². The number of aromatic hydroxyl groups is 1. The summed E-state index contributed by atoms with van der Waals surface area (Å²) in [5, 5.41) is 10.6. The second-order valence-electron chi connectivity index (χ2n) is 8.90. The molecule has 4 nitrogen and oxygen atoms in total. The van der Waals surface area contributed by atoms with E-state index in [0.717, 1.165) is 31.2 Å². The van der Waals surface area contributed by atoms with Gasteiger partial charge in [0.05, 0.1) is 0 Å². The summed E-state index contributed by atoms with van der Waals surface area (Å²) in [6.07, 6.45) is 3.73. The van der Waals surface area contributed by atoms with Crippen LogP contribution in [-0.2, 0) is 0 Å². The lowest BCUT2D eigenvalue weighted by Crippen LogP contribution is -2.54. The highest BCUT2D eigenvalue weighted by Gasteiger charge is 2.55. The summed E-state index contributed by atoms with van der Waals surface area (Å²) in [5.74, 6) is 1.79. The molecule has 1 aromatic carbocycles. The molecule has 0 radical (unpaired) electrons. The highest BCUT2D eigenvalue weighted by atomic mass is 16.5. The molecule has 2 aliphatic heterocycles. The molecule has 4 atom stereocenters. The van der Waals surface area contributed by atoms with E-state index in [9.17, 15) is 9.90 Å². The first kappa shape index (κ1) is 16.7. The fourth-order valence-corrected chi connectivity index (χ4v) is 5.05. The minimum absolute atomic E-state index is 0.0168. The standard InChI is InChI=1S/C21H28O4/c1-6-11(2)18(23)17-14(22)9-15-16-12-10-21(5,24-15)8-7-13(12)20(3,4)25-19(16)17/h9,11-13,22H,6-8,10H2,1-5H3/t11-,12+,13-,21+/m1/s1. The second-order valence-corrected chi connectivity index (χ2v) is 8.90. The molecule has 0 spiro atoms. The number of ether oxygens (including phenoxy) is 2. The maximum atomic E-state index is 12.9. The Labute approximate surface area is 149 Å². The van der Waals surface area contributed by atoms with E-state index >= 15 is 0 Å². The molecule has 2 heterocycles. The van der Waals surface area contributed by atoms with E-state index in [1.807, 2.05) is 13.8 Å². The minimum Gasteiger partial charge on any atom is -0.507 e. The highest BCUT2D eigenvalue weighted by molar-refractivity contribution is 6.03. The van der Waals surface area contributed by atoms with Crippen molar-refractivity contribution >= 4 is 5.78 Å². The Bertz CT molecular complexity index is 751. The molecule has 0 saturated heterocycles. The van der Waals surface area contributed by atoms with Gasteiger partial charge in [-0.05, 0) is 46.5 Å². The first-order valence-corrected chi connectivity index (χ1v) is 9.49. The van der Waals surface area contributed by atoms with Crippen LogP contribution in [0.25, 0.3) is 0 Å². The van der Waals surface area contributed by atoms with Crippen LogP contribution >= 0.6 is 0 Å². The van der Waals surface area contributed by atoms with Crippen LogP contribution in [0.3, 0.4) is 0 Å². The summed E-state index contributed by atoms with van der Waals surface area (Å²) in [6, 6.07) is 1.64. The topological polar surface area (TPSA) is 55.8 Å². The van der Waals surface area contributed by atoms with Crippen LogP contribution in [0.1, 0.15) is 82.1 Å². The molecule has 0 amide bonds. The molecule has 0 aromatic heterocycles. The number of hydrogen-bond donors (Lipinski definition) is 1. The monoisotopic (exact) mass is 344 g/mol. The first-order valence-electron chi connectivity index (χ1n) is 9.49. The van der Waals surface area contributed by atoms with Crippen LogP contribution in [0.4, 0.5) is 0 Å². The second kappa shape index (κ2) is 5.15. The molecule has 2 bridgehead atoms. The Balaban J connectivity index is 1.96. The highest BCUT2D eigenvalue weighted by Crippen LogP contribution is 2.62. The van der Waals surface area contributed by atoms with Crippen LogP contribution in [0, 0.1) is 11.8 Å². The van der Waals surface area contributed by atoms with Gasteiger partial charge in [-0.3, -0.25) is 4.79 Å². The number of fused-ring (bicyclic) bond motifs is 1. The van der Waals surface area contributed by atoms with E-state index in [4.69, 9.17) is 9.47 Å². The van der Waals surface area contributed by atoms with Gasteiger partial charge in [0, 0.05) is 29.4 Å². The van der Waals surface area contributed by atoms with Gasteiger partial charge in [-0.1, -0.05) is 13.8 Å². The molecule has 1 aromatic rings. The van der Waals surface area contributed by atoms with Gasteiger partial charge in [0.2, 0.25) is 0 Å². The number of rotatable bonds is 3. The molecule has 1 fully saturated rings. The first-order chi connectivity index (χ1) is 11.7. The van der Waals surface area contributed by atoms with E-state index in [-0.39, 0.29) is 28.7 Å². The maximum absolute atomic E-state index is 12.9. The maximum Gasteiger partial charge on any atom is 0.173 e. The van der Waals surface area contributed by atoms with E-state index in [1.165, 1.54) is 0 Å². The third-order valence-electron chi connectivity index (χ3n) is 6.67. The number of ketones is 1. The summed E-state index contributed by atoms with van der Waals surface area (Å²) in [5.41, 5.74) is 0.808. The Morgan fingerprint density at radius 2 is 2.08 bits per heavy atom. The van der Waals surface area contributed by atoms with Gasteiger partial charge in [-0.2, -0.15) is 0 Å². The molecule has 136 valence electrons. The molecule has 1 saturated carbocycles. The predicted molar refractivity (Wildman–Crippen MR) is 95.7 cm³/mol. The van der Waals surface area contributed by atoms with Crippen molar-refractivity contribution in [3.8, 4) is 17.2 Å². The number of hydrogen-bond acceptors (Lipinski definition) is 4. The Kier molecular flexibility index (Phi) is 3.45. The summed E-state index contributed by atoms with van der Waals surface area (Å²) in [4.78, 5) is 12.9. The summed E-state index contributed by atoms with van der Waals surface area (Å²) in [7, 11) is 0. The lowest BCUT2D eigenvalue weighted by atomic mass is 9.61. The van der Waals surface area contributed by atoms with Gasteiger partial charge in [0.25, 0.3) is 0 Å². The quantitative estimate of drug-likeness (QED) is 0.798. The smallest absolute Gasteiger partial charge is 0.173 e. The van der Waals surface area contributed by atoms with E-state index in [0.29, 0.717) is 28.9 Å². The van der Waals surface area contributed by atoms with Gasteiger partial charge >= 0.3 is 0 Å². The van der Waals surface area contributed by atoms with Crippen LogP contribution in [0.15, 0.2) is 6.07 Å². The normalized spacial score (nSPS) is 32.4. The van der Waals surface area contributed by atoms with Crippen molar-refractivity contribution in [2.45, 2.75) is 77.4 Å². The van der Waals surface area contributed by atoms with Crippen LogP contribution in [0.2, 0.25) is 0 Å². The van der Waals surface area contributed by atoms with Crippen molar-refractivity contribution < 1.29 is 19.4 Å². The van der Waals surface area contributed by atoms with Crippen LogP contribution < -0.4 is 9.47 Å². The Morgan fingerprint density at radius 1 is 1.36 bits per heavy atom. The number of carbonyl (C=O) groups is 1. The Hall–Kier alpha value is -1.71. The zero-order valence-electron chi connectivity index (χ0n) is 15.8. The van der Waals surface area contributed by atoms with Crippen molar-refractivity contribution in [3.63, 3.8) is 0 Å². The van der Waals surface area contributed by atoms with Crippen molar-refractivity contribution in [3.05, 3.63) is 17.2 Å². The number of phenolic OH excluding ortho intramolecular Hbond substituents is 1. The molecular formula is C21H28O4. The number of Topliss-reactive ketones (excluding diaryl/α,β-unsaturated/α-hetero) is 1. The van der Waals surface area contributed by atoms with Crippen molar-refractivity contribution in [2.75, 3.05) is 0 Å². The molecule has 1 aliphatic carbocycles. The molecule has 1 N–H and O–H groups in total. The molecule has 0 unspecified atom stereocenters. The van der Waals surface area contributed by atoms with E-state index in [1.54, 1.807) is 6.07 Å². The third-order valence-corrected chi connectivity index (χ3v) is 6.67. The fourth-order valence-electron chi connectivity index (χ4n) is 5.05. The summed E-state index contributed by atoms with van der Waals surface area (Å²) >= 11 is 0. The third kappa shape index (κ3) is 2.29. The number of carbonyl (C=O) groups excluding carboxylic acids is 1. The zero-order chi connectivity index (χ0) is 18.1. The predicted octanol–water partition coefficient (Wildman–Crippen LogP) is 4.83. The number of phenols is 1. The largest absolute Gasteiger partial charge is 0.507 e. The van der Waals surface area contributed by atoms with E-state index in [2.05, 4.69) is 20.8 Å². The number of benzene rings is 1. The van der Waals surface area contributed by atoms with Crippen molar-refractivity contribution in [2.24, 2.45) is 11.8 Å². The molecule has 3 aliphatic rings. The van der Waals surface area contributed by atoms with E-state index < -0.39 is 0 Å². The summed E-state index contributed by atoms with van der Waals surface area (Å²) in [6.45, 7) is 10.3. The average Bonchev–Trinajstić information content (AvgIpc) is 2.51. The van der Waals surface area contributed by atoms with Crippen LogP contribution in [0.5, 0.6) is 17.2 Å². The molecule has 4 rings (SSSR count). The fraction of sp³-hybridized carbons (Fsp3) is 0.667. The molecule has 4 heteroatoms. The SMILES string of the molecule is CC[C@@H](C)C(=O)c1c(O)cc2c3c1OC(C)(C)[C@@H]1CC[C@@](C)(C[C@H]31)O2. The zero-order valence-corrected chi connectivity index (χ0v) is 15.8. The van der Waals surface area contributed by atoms with Gasteiger partial charge in [-0.15, -0.1) is 0 Å². The lowest BCUT2D eigenvalue weighted by Gasteiger charge is -2.55. The van der Waals surface area contributed by atoms with Crippen molar-refractivity contribution in [1.29, 1.82) is 0 Å². The summed E-state index contributed by atoms with van der Waals surface area (Å²) < 4.78 is 12.7. The van der Waals surface area contributed by atoms with Gasteiger partial charge in [0.1, 0.15) is 34.0 Å².